The summed E-state index contributed by atoms with van der Waals surface area (Å²) in [7, 11) is 0. The maximum absolute atomic E-state index is 11.8. The number of thioether (sulfide) groups is 1. The van der Waals surface area contributed by atoms with Crippen LogP contribution in [0.2, 0.25) is 0 Å². The Morgan fingerprint density at radius 3 is 3.00 bits per heavy atom. The molecule has 1 amide bonds. The Morgan fingerprint density at radius 2 is 2.40 bits per heavy atom. The molecule has 3 nitrogen and oxygen atoms in total. The van der Waals surface area contributed by atoms with Gasteiger partial charge >= 0.3 is 0 Å². The van der Waals surface area contributed by atoms with Gasteiger partial charge in [0.1, 0.15) is 0 Å². The lowest BCUT2D eigenvalue weighted by Gasteiger charge is -2.29. The molecule has 1 fully saturated rings. The van der Waals surface area contributed by atoms with Crippen molar-refractivity contribution in [2.45, 2.75) is 38.8 Å². The molecule has 1 rings (SSSR count). The second-order valence-corrected chi connectivity index (χ2v) is 5.35. The average molecular weight is 230 g/mol. The van der Waals surface area contributed by atoms with Crippen molar-refractivity contribution in [3.05, 3.63) is 0 Å². The van der Waals surface area contributed by atoms with Gasteiger partial charge < -0.3 is 10.6 Å². The lowest BCUT2D eigenvalue weighted by molar-refractivity contribution is -0.124. The molecule has 0 bridgehead atoms. The zero-order chi connectivity index (χ0) is 11.3. The minimum atomic E-state index is 0.130. The molecule has 15 heavy (non-hydrogen) atoms. The van der Waals surface area contributed by atoms with Crippen LogP contribution in [0.25, 0.3) is 0 Å². The van der Waals surface area contributed by atoms with Gasteiger partial charge in [-0.1, -0.05) is 6.92 Å². The van der Waals surface area contributed by atoms with E-state index in [-0.39, 0.29) is 11.8 Å². The Morgan fingerprint density at radius 1 is 1.67 bits per heavy atom. The molecule has 3 unspecified atom stereocenters. The highest BCUT2D eigenvalue weighted by atomic mass is 32.2. The molecule has 1 aliphatic rings. The number of piperidine rings is 1. The second kappa shape index (κ2) is 6.38. The minimum Gasteiger partial charge on any atom is -0.353 e. The van der Waals surface area contributed by atoms with E-state index in [1.807, 2.05) is 13.2 Å². The molecule has 0 aromatic heterocycles. The van der Waals surface area contributed by atoms with Crippen LogP contribution in [0.5, 0.6) is 0 Å². The molecule has 1 saturated heterocycles. The first-order chi connectivity index (χ1) is 7.13. The quantitative estimate of drug-likeness (QED) is 0.763. The van der Waals surface area contributed by atoms with Gasteiger partial charge in [-0.3, -0.25) is 4.79 Å². The fraction of sp³-hybridized carbons (Fsp3) is 0.909. The van der Waals surface area contributed by atoms with Crippen molar-refractivity contribution in [2.75, 3.05) is 18.6 Å². The largest absolute Gasteiger partial charge is 0.353 e. The fourth-order valence-corrected chi connectivity index (χ4v) is 2.58. The summed E-state index contributed by atoms with van der Waals surface area (Å²) in [5.74, 6) is 1.25. The molecule has 1 heterocycles. The Bertz CT molecular complexity index is 211. The molecule has 0 aromatic rings. The molecule has 88 valence electrons. The Hall–Kier alpha value is -0.220. The van der Waals surface area contributed by atoms with E-state index in [2.05, 4.69) is 17.6 Å². The first-order valence-corrected chi connectivity index (χ1v) is 7.05. The van der Waals surface area contributed by atoms with Crippen molar-refractivity contribution in [1.29, 1.82) is 0 Å². The monoisotopic (exact) mass is 230 g/mol. The molecule has 0 saturated carbocycles. The summed E-state index contributed by atoms with van der Waals surface area (Å²) in [4.78, 5) is 11.8. The van der Waals surface area contributed by atoms with Gasteiger partial charge in [-0.15, -0.1) is 0 Å². The number of amides is 1. The highest BCUT2D eigenvalue weighted by Gasteiger charge is 2.21. The SMILES string of the molecule is CSCC(C)C(=O)NC1CCNC(C)C1. The molecule has 2 N–H and O–H groups in total. The minimum absolute atomic E-state index is 0.130. The van der Waals surface area contributed by atoms with E-state index in [0.717, 1.165) is 25.1 Å². The van der Waals surface area contributed by atoms with E-state index in [9.17, 15) is 4.79 Å². The van der Waals surface area contributed by atoms with E-state index in [0.29, 0.717) is 12.1 Å². The lowest BCUT2D eigenvalue weighted by atomic mass is 10.00. The fourth-order valence-electron chi connectivity index (χ4n) is 1.93. The molecule has 0 spiro atoms. The van der Waals surface area contributed by atoms with Gasteiger partial charge in [0.05, 0.1) is 0 Å². The Labute approximate surface area is 96.8 Å². The van der Waals surface area contributed by atoms with Crippen LogP contribution in [0, 0.1) is 5.92 Å². The van der Waals surface area contributed by atoms with Crippen LogP contribution >= 0.6 is 11.8 Å². The van der Waals surface area contributed by atoms with Crippen molar-refractivity contribution in [2.24, 2.45) is 5.92 Å². The van der Waals surface area contributed by atoms with Crippen molar-refractivity contribution < 1.29 is 4.79 Å². The second-order valence-electron chi connectivity index (χ2n) is 4.44. The molecular weight excluding hydrogens is 208 g/mol. The van der Waals surface area contributed by atoms with E-state index >= 15 is 0 Å². The van der Waals surface area contributed by atoms with E-state index in [4.69, 9.17) is 0 Å². The topological polar surface area (TPSA) is 41.1 Å². The third-order valence-electron chi connectivity index (χ3n) is 2.83. The first-order valence-electron chi connectivity index (χ1n) is 5.66. The number of carbonyl (C=O) groups excluding carboxylic acids is 1. The molecule has 0 aromatic carbocycles. The Balaban J connectivity index is 2.30. The number of rotatable bonds is 4. The molecule has 0 radical (unpaired) electrons. The summed E-state index contributed by atoms with van der Waals surface area (Å²) in [5, 5.41) is 6.53. The number of nitrogens with one attached hydrogen (secondary N) is 2. The van der Waals surface area contributed by atoms with Gasteiger partial charge in [-0.25, -0.2) is 0 Å². The van der Waals surface area contributed by atoms with Gasteiger partial charge in [-0.2, -0.15) is 11.8 Å². The highest BCUT2D eigenvalue weighted by Crippen LogP contribution is 2.10. The summed E-state index contributed by atoms with van der Waals surface area (Å²) in [6.45, 7) is 5.18. The zero-order valence-electron chi connectivity index (χ0n) is 9.88. The van der Waals surface area contributed by atoms with Crippen molar-refractivity contribution in [1.82, 2.24) is 10.6 Å². The van der Waals surface area contributed by atoms with Crippen molar-refractivity contribution in [3.8, 4) is 0 Å². The van der Waals surface area contributed by atoms with Gasteiger partial charge in [0.2, 0.25) is 5.91 Å². The summed E-state index contributed by atoms with van der Waals surface area (Å²) in [6, 6.07) is 0.901. The van der Waals surface area contributed by atoms with Gasteiger partial charge in [0, 0.05) is 23.8 Å². The normalized spacial score (nSPS) is 28.5. The standard InChI is InChI=1S/C11H22N2OS/c1-8(7-15-3)11(14)13-10-4-5-12-9(2)6-10/h8-10,12H,4-7H2,1-3H3,(H,13,14). The zero-order valence-corrected chi connectivity index (χ0v) is 10.7. The predicted molar refractivity (Wildman–Crippen MR) is 66.2 cm³/mol. The third-order valence-corrected chi connectivity index (χ3v) is 3.67. The van der Waals surface area contributed by atoms with Crippen LogP contribution in [-0.4, -0.2) is 36.5 Å². The van der Waals surface area contributed by atoms with Crippen LogP contribution in [0.15, 0.2) is 0 Å². The molecule has 4 heteroatoms. The molecule has 1 aliphatic heterocycles. The van der Waals surface area contributed by atoms with Crippen molar-refractivity contribution >= 4 is 17.7 Å². The Kier molecular flexibility index (Phi) is 5.47. The predicted octanol–water partition coefficient (Wildman–Crippen LogP) is 1.24. The number of hydrogen-bond acceptors (Lipinski definition) is 3. The van der Waals surface area contributed by atoms with Crippen LogP contribution in [-0.2, 0) is 4.79 Å². The van der Waals surface area contributed by atoms with Crippen LogP contribution in [0.4, 0.5) is 0 Å². The number of hydrogen-bond donors (Lipinski definition) is 2. The van der Waals surface area contributed by atoms with Crippen LogP contribution < -0.4 is 10.6 Å². The van der Waals surface area contributed by atoms with Gasteiger partial charge in [0.25, 0.3) is 0 Å². The van der Waals surface area contributed by atoms with E-state index in [1.54, 1.807) is 11.8 Å². The smallest absolute Gasteiger partial charge is 0.223 e. The summed E-state index contributed by atoms with van der Waals surface area (Å²) in [6.07, 6.45) is 4.15. The average Bonchev–Trinajstić information content (AvgIpc) is 2.18. The van der Waals surface area contributed by atoms with E-state index < -0.39 is 0 Å². The maximum Gasteiger partial charge on any atom is 0.223 e. The molecule has 0 aliphatic carbocycles. The van der Waals surface area contributed by atoms with Crippen LogP contribution in [0.3, 0.4) is 0 Å². The highest BCUT2D eigenvalue weighted by molar-refractivity contribution is 7.98. The summed E-state index contributed by atoms with van der Waals surface area (Å²) >= 11 is 1.73. The maximum atomic E-state index is 11.8. The summed E-state index contributed by atoms with van der Waals surface area (Å²) < 4.78 is 0. The number of carbonyl (C=O) groups is 1. The molecule has 3 atom stereocenters. The van der Waals surface area contributed by atoms with Crippen LogP contribution in [0.1, 0.15) is 26.7 Å². The first kappa shape index (κ1) is 12.8. The van der Waals surface area contributed by atoms with Gasteiger partial charge in [-0.05, 0) is 32.6 Å². The summed E-state index contributed by atoms with van der Waals surface area (Å²) in [5.41, 5.74) is 0. The van der Waals surface area contributed by atoms with Crippen molar-refractivity contribution in [3.63, 3.8) is 0 Å². The van der Waals surface area contributed by atoms with Gasteiger partial charge in [0.15, 0.2) is 0 Å². The molecular formula is C11H22N2OS. The third kappa shape index (κ3) is 4.43. The van der Waals surface area contributed by atoms with E-state index in [1.165, 1.54) is 0 Å². The lowest BCUT2D eigenvalue weighted by Crippen LogP contribution is -2.48.